The molecule has 0 spiro atoms. The van der Waals surface area contributed by atoms with E-state index in [-0.39, 0.29) is 6.54 Å². The maximum atomic E-state index is 11.7. The quantitative estimate of drug-likeness (QED) is 0.760. The summed E-state index contributed by atoms with van der Waals surface area (Å²) in [5.41, 5.74) is 0.708. The first-order chi connectivity index (χ1) is 9.55. The van der Waals surface area contributed by atoms with E-state index in [0.717, 1.165) is 5.56 Å². The molecule has 1 aliphatic rings. The highest BCUT2D eigenvalue weighted by molar-refractivity contribution is 5.90. The number of carboxylic acid groups (broad SMARTS) is 1. The van der Waals surface area contributed by atoms with Gasteiger partial charge in [-0.15, -0.1) is 0 Å². The summed E-state index contributed by atoms with van der Waals surface area (Å²) in [5, 5.41) is 22.7. The molecule has 0 heterocycles. The van der Waals surface area contributed by atoms with E-state index in [2.05, 4.69) is 10.6 Å². The minimum Gasteiger partial charge on any atom is -0.481 e. The van der Waals surface area contributed by atoms with Crippen LogP contribution in [0.4, 0.5) is 10.5 Å². The number of rotatable bonds is 5. The second-order valence-corrected chi connectivity index (χ2v) is 4.92. The van der Waals surface area contributed by atoms with Gasteiger partial charge >= 0.3 is 12.0 Å². The molecule has 1 aromatic rings. The fourth-order valence-electron chi connectivity index (χ4n) is 1.84. The third kappa shape index (κ3) is 3.26. The van der Waals surface area contributed by atoms with Crippen molar-refractivity contribution >= 4 is 17.7 Å². The van der Waals surface area contributed by atoms with Gasteiger partial charge in [-0.25, -0.2) is 4.79 Å². The first-order valence-electron chi connectivity index (χ1n) is 6.30. The van der Waals surface area contributed by atoms with Crippen LogP contribution in [0, 0.1) is 16.7 Å². The number of hydrogen-bond acceptors (Lipinski definition) is 3. The van der Waals surface area contributed by atoms with E-state index in [1.54, 1.807) is 24.3 Å². The van der Waals surface area contributed by atoms with Crippen molar-refractivity contribution < 1.29 is 14.7 Å². The van der Waals surface area contributed by atoms with Crippen LogP contribution in [-0.4, -0.2) is 23.7 Å². The average molecular weight is 273 g/mol. The summed E-state index contributed by atoms with van der Waals surface area (Å²) in [5.74, 6) is -0.862. The molecular formula is C14H15N3O3. The molecule has 1 fully saturated rings. The maximum Gasteiger partial charge on any atom is 0.319 e. The first kappa shape index (κ1) is 13.9. The van der Waals surface area contributed by atoms with Crippen molar-refractivity contribution in [2.75, 3.05) is 11.9 Å². The van der Waals surface area contributed by atoms with Crippen molar-refractivity contribution in [1.82, 2.24) is 5.32 Å². The molecule has 1 saturated carbocycles. The summed E-state index contributed by atoms with van der Waals surface area (Å²) in [7, 11) is 0. The zero-order valence-electron chi connectivity index (χ0n) is 10.8. The van der Waals surface area contributed by atoms with Crippen LogP contribution < -0.4 is 10.6 Å². The lowest BCUT2D eigenvalue weighted by atomic mass is 10.1. The molecule has 0 atom stereocenters. The Hall–Kier alpha value is -2.55. The van der Waals surface area contributed by atoms with E-state index < -0.39 is 17.4 Å². The zero-order valence-corrected chi connectivity index (χ0v) is 10.8. The maximum absolute atomic E-state index is 11.7. The predicted molar refractivity (Wildman–Crippen MR) is 72.1 cm³/mol. The number of nitrogens with zero attached hydrogens (tertiary/aromatic N) is 1. The minimum absolute atomic E-state index is 0.140. The molecule has 0 unspecified atom stereocenters. The molecule has 0 aliphatic heterocycles. The summed E-state index contributed by atoms with van der Waals surface area (Å²) in [6.45, 7) is 0.140. The van der Waals surface area contributed by atoms with Crippen molar-refractivity contribution in [2.24, 2.45) is 5.41 Å². The van der Waals surface area contributed by atoms with Crippen LogP contribution in [0.5, 0.6) is 0 Å². The van der Waals surface area contributed by atoms with Crippen molar-refractivity contribution in [3.8, 4) is 6.07 Å². The van der Waals surface area contributed by atoms with Gasteiger partial charge < -0.3 is 15.7 Å². The molecule has 20 heavy (non-hydrogen) atoms. The number of urea groups is 1. The third-order valence-electron chi connectivity index (χ3n) is 3.39. The van der Waals surface area contributed by atoms with Crippen molar-refractivity contribution in [3.63, 3.8) is 0 Å². The molecule has 0 saturated heterocycles. The Balaban J connectivity index is 1.83. The van der Waals surface area contributed by atoms with Crippen molar-refractivity contribution in [3.05, 3.63) is 29.8 Å². The first-order valence-corrected chi connectivity index (χ1v) is 6.30. The Kier molecular flexibility index (Phi) is 3.89. The van der Waals surface area contributed by atoms with Gasteiger partial charge in [0.05, 0.1) is 17.9 Å². The summed E-state index contributed by atoms with van der Waals surface area (Å²) < 4.78 is 0. The zero-order chi connectivity index (χ0) is 14.6. The Morgan fingerprint density at radius 2 is 1.95 bits per heavy atom. The lowest BCUT2D eigenvalue weighted by Crippen LogP contribution is -2.36. The molecule has 104 valence electrons. The highest BCUT2D eigenvalue weighted by atomic mass is 16.4. The normalized spacial score (nSPS) is 14.9. The van der Waals surface area contributed by atoms with Crippen molar-refractivity contribution in [1.29, 1.82) is 5.26 Å². The van der Waals surface area contributed by atoms with Crippen LogP contribution in [0.3, 0.4) is 0 Å². The molecule has 6 heteroatoms. The number of carbonyl (C=O) groups excluding carboxylic acids is 1. The summed E-state index contributed by atoms with van der Waals surface area (Å²) in [6, 6.07) is 8.55. The Bertz CT molecular complexity index is 556. The fraction of sp³-hybridized carbons (Fsp3) is 0.357. The summed E-state index contributed by atoms with van der Waals surface area (Å²) >= 11 is 0. The SMILES string of the molecule is N#CCc1ccc(NC(=O)NCC2(C(=O)O)CC2)cc1. The molecule has 0 radical (unpaired) electrons. The van der Waals surface area contributed by atoms with Gasteiger partial charge in [0, 0.05) is 12.2 Å². The van der Waals surface area contributed by atoms with Crippen LogP contribution in [0.15, 0.2) is 24.3 Å². The molecule has 3 N–H and O–H groups in total. The van der Waals surface area contributed by atoms with Gasteiger partial charge in [0.15, 0.2) is 0 Å². The van der Waals surface area contributed by atoms with E-state index in [9.17, 15) is 9.59 Å². The second kappa shape index (κ2) is 5.61. The van der Waals surface area contributed by atoms with Gasteiger partial charge in [0.1, 0.15) is 0 Å². The number of anilines is 1. The monoisotopic (exact) mass is 273 g/mol. The summed E-state index contributed by atoms with van der Waals surface area (Å²) in [4.78, 5) is 22.6. The van der Waals surface area contributed by atoms with Crippen LogP contribution in [0.1, 0.15) is 18.4 Å². The molecule has 1 aliphatic carbocycles. The largest absolute Gasteiger partial charge is 0.481 e. The van der Waals surface area contributed by atoms with Gasteiger partial charge in [0.25, 0.3) is 0 Å². The Labute approximate surface area is 116 Å². The van der Waals surface area contributed by atoms with Gasteiger partial charge in [-0.3, -0.25) is 4.79 Å². The van der Waals surface area contributed by atoms with Gasteiger partial charge in [-0.2, -0.15) is 5.26 Å². The molecular weight excluding hydrogens is 258 g/mol. The number of aliphatic carboxylic acids is 1. The topological polar surface area (TPSA) is 102 Å². The van der Waals surface area contributed by atoms with E-state index in [1.807, 2.05) is 6.07 Å². The number of carbonyl (C=O) groups is 2. The van der Waals surface area contributed by atoms with E-state index >= 15 is 0 Å². The number of nitrogens with one attached hydrogen (secondary N) is 2. The number of benzene rings is 1. The number of hydrogen-bond donors (Lipinski definition) is 3. The van der Waals surface area contributed by atoms with Gasteiger partial charge in [-0.1, -0.05) is 12.1 Å². The lowest BCUT2D eigenvalue weighted by molar-refractivity contribution is -0.143. The second-order valence-electron chi connectivity index (χ2n) is 4.92. The number of amides is 2. The average Bonchev–Trinajstić information content (AvgIpc) is 3.20. The Morgan fingerprint density at radius 1 is 1.30 bits per heavy atom. The molecule has 6 nitrogen and oxygen atoms in total. The van der Waals surface area contributed by atoms with Gasteiger partial charge in [0.2, 0.25) is 0 Å². The molecule has 0 aromatic heterocycles. The lowest BCUT2D eigenvalue weighted by Gasteiger charge is -2.12. The minimum atomic E-state index is -0.862. The van der Waals surface area contributed by atoms with Crippen LogP contribution >= 0.6 is 0 Å². The molecule has 0 bridgehead atoms. The van der Waals surface area contributed by atoms with E-state index in [4.69, 9.17) is 10.4 Å². The molecule has 2 rings (SSSR count). The highest BCUT2D eigenvalue weighted by Crippen LogP contribution is 2.45. The fourth-order valence-corrected chi connectivity index (χ4v) is 1.84. The van der Waals surface area contributed by atoms with Crippen molar-refractivity contribution in [2.45, 2.75) is 19.3 Å². The number of nitriles is 1. The van der Waals surface area contributed by atoms with Crippen LogP contribution in [-0.2, 0) is 11.2 Å². The van der Waals surface area contributed by atoms with Gasteiger partial charge in [-0.05, 0) is 30.5 Å². The van der Waals surface area contributed by atoms with E-state index in [0.29, 0.717) is 24.9 Å². The third-order valence-corrected chi connectivity index (χ3v) is 3.39. The smallest absolute Gasteiger partial charge is 0.319 e. The molecule has 2 amide bonds. The van der Waals surface area contributed by atoms with Crippen LogP contribution in [0.2, 0.25) is 0 Å². The summed E-state index contributed by atoms with van der Waals surface area (Å²) in [6.07, 6.45) is 1.53. The van der Waals surface area contributed by atoms with Crippen LogP contribution in [0.25, 0.3) is 0 Å². The highest BCUT2D eigenvalue weighted by Gasteiger charge is 2.50. The predicted octanol–water partition coefficient (Wildman–Crippen LogP) is 1.74. The number of carboxylic acids is 1. The molecule has 1 aromatic carbocycles. The standard InChI is InChI=1S/C14H15N3O3/c15-8-5-10-1-3-11(4-2-10)17-13(20)16-9-14(6-7-14)12(18)19/h1-4H,5-7,9H2,(H,18,19)(H2,16,17,20). The Morgan fingerprint density at radius 3 is 2.45 bits per heavy atom. The van der Waals surface area contributed by atoms with E-state index in [1.165, 1.54) is 0 Å².